The molecule has 7 nitrogen and oxygen atoms in total. The summed E-state index contributed by atoms with van der Waals surface area (Å²) in [6.07, 6.45) is -2.39. The molecular weight excluding hydrogens is 312 g/mol. The molecule has 0 radical (unpaired) electrons. The van der Waals surface area contributed by atoms with E-state index in [9.17, 15) is 14.7 Å². The third-order valence-electron chi connectivity index (χ3n) is 4.66. The Morgan fingerprint density at radius 1 is 0.958 bits per heavy atom. The van der Waals surface area contributed by atoms with Crippen molar-refractivity contribution in [1.82, 2.24) is 9.80 Å². The molecule has 0 saturated carbocycles. The maximum Gasteiger partial charge on any atom is 0.255 e. The SMILES string of the molecule is CN1CCOC(C(O)(c2ccccc2)C2OCCN(C)C2=O)C1=O. The van der Waals surface area contributed by atoms with Gasteiger partial charge in [-0.3, -0.25) is 9.59 Å². The van der Waals surface area contributed by atoms with Crippen LogP contribution in [0.3, 0.4) is 0 Å². The Balaban J connectivity index is 2.07. The quantitative estimate of drug-likeness (QED) is 0.813. The number of nitrogens with zero attached hydrogens (tertiary/aromatic N) is 2. The topological polar surface area (TPSA) is 79.3 Å². The van der Waals surface area contributed by atoms with E-state index in [1.807, 2.05) is 0 Å². The third-order valence-corrected chi connectivity index (χ3v) is 4.66. The van der Waals surface area contributed by atoms with Crippen LogP contribution in [0.15, 0.2) is 30.3 Å². The van der Waals surface area contributed by atoms with Gasteiger partial charge in [-0.25, -0.2) is 0 Å². The summed E-state index contributed by atoms with van der Waals surface area (Å²) in [4.78, 5) is 28.3. The summed E-state index contributed by atoms with van der Waals surface area (Å²) in [6.45, 7) is 1.47. The molecule has 0 spiro atoms. The Hall–Kier alpha value is -1.96. The predicted octanol–water partition coefficient (Wildman–Crippen LogP) is -0.411. The molecule has 3 rings (SSSR count). The Kier molecular flexibility index (Phi) is 4.58. The number of rotatable bonds is 3. The Bertz CT molecular complexity index is 589. The summed E-state index contributed by atoms with van der Waals surface area (Å²) in [7, 11) is 3.30. The Morgan fingerprint density at radius 3 is 1.88 bits per heavy atom. The van der Waals surface area contributed by atoms with Crippen molar-refractivity contribution in [2.24, 2.45) is 0 Å². The summed E-state index contributed by atoms with van der Waals surface area (Å²) in [5, 5.41) is 11.6. The van der Waals surface area contributed by atoms with Gasteiger partial charge in [0, 0.05) is 27.2 Å². The lowest BCUT2D eigenvalue weighted by molar-refractivity contribution is -0.218. The van der Waals surface area contributed by atoms with Crippen LogP contribution in [0.1, 0.15) is 5.56 Å². The van der Waals surface area contributed by atoms with Gasteiger partial charge in [-0.05, 0) is 5.56 Å². The van der Waals surface area contributed by atoms with Crippen LogP contribution in [0.5, 0.6) is 0 Å². The largest absolute Gasteiger partial charge is 0.379 e. The number of aliphatic hydroxyl groups is 1. The van der Waals surface area contributed by atoms with E-state index in [1.54, 1.807) is 44.4 Å². The van der Waals surface area contributed by atoms with Crippen molar-refractivity contribution >= 4 is 11.8 Å². The van der Waals surface area contributed by atoms with Crippen LogP contribution in [0, 0.1) is 0 Å². The van der Waals surface area contributed by atoms with E-state index >= 15 is 0 Å². The van der Waals surface area contributed by atoms with Crippen molar-refractivity contribution in [3.63, 3.8) is 0 Å². The van der Waals surface area contributed by atoms with E-state index < -0.39 is 17.8 Å². The van der Waals surface area contributed by atoms with Gasteiger partial charge < -0.3 is 24.4 Å². The molecule has 2 aliphatic heterocycles. The molecule has 2 amide bonds. The van der Waals surface area contributed by atoms with E-state index in [0.29, 0.717) is 31.9 Å². The molecule has 2 heterocycles. The fourth-order valence-electron chi connectivity index (χ4n) is 3.15. The number of benzene rings is 1. The number of morpholine rings is 2. The van der Waals surface area contributed by atoms with Crippen LogP contribution in [0.2, 0.25) is 0 Å². The number of amides is 2. The first-order chi connectivity index (χ1) is 11.5. The Labute approximate surface area is 140 Å². The lowest BCUT2D eigenvalue weighted by atomic mass is 9.80. The van der Waals surface area contributed by atoms with E-state index in [4.69, 9.17) is 9.47 Å². The van der Waals surface area contributed by atoms with E-state index in [-0.39, 0.29) is 11.8 Å². The van der Waals surface area contributed by atoms with Crippen LogP contribution in [-0.2, 0) is 24.7 Å². The van der Waals surface area contributed by atoms with Crippen LogP contribution < -0.4 is 0 Å². The zero-order valence-corrected chi connectivity index (χ0v) is 13.8. The second-order valence-electron chi connectivity index (χ2n) is 6.21. The third kappa shape index (κ3) is 2.68. The zero-order chi connectivity index (χ0) is 17.3. The van der Waals surface area contributed by atoms with Gasteiger partial charge in [0.1, 0.15) is 0 Å². The van der Waals surface area contributed by atoms with Crippen LogP contribution in [-0.4, -0.2) is 79.3 Å². The number of carbonyl (C=O) groups is 2. The monoisotopic (exact) mass is 334 g/mol. The minimum absolute atomic E-state index is 0.290. The van der Waals surface area contributed by atoms with Gasteiger partial charge in [0.2, 0.25) is 0 Å². The molecule has 24 heavy (non-hydrogen) atoms. The first kappa shape index (κ1) is 16.9. The highest BCUT2D eigenvalue weighted by Crippen LogP contribution is 2.36. The molecule has 130 valence electrons. The van der Waals surface area contributed by atoms with Crippen molar-refractivity contribution in [3.05, 3.63) is 35.9 Å². The Morgan fingerprint density at radius 2 is 1.42 bits per heavy atom. The summed E-state index contributed by atoms with van der Waals surface area (Å²) >= 11 is 0. The summed E-state index contributed by atoms with van der Waals surface area (Å²) in [5.74, 6) is -0.727. The molecule has 2 fully saturated rings. The first-order valence-electron chi connectivity index (χ1n) is 7.97. The van der Waals surface area contributed by atoms with E-state index in [1.165, 1.54) is 9.80 Å². The zero-order valence-electron chi connectivity index (χ0n) is 13.8. The van der Waals surface area contributed by atoms with Crippen molar-refractivity contribution in [3.8, 4) is 0 Å². The molecule has 2 unspecified atom stereocenters. The van der Waals surface area contributed by atoms with Gasteiger partial charge in [0.25, 0.3) is 11.8 Å². The maximum absolute atomic E-state index is 12.6. The minimum atomic E-state index is -1.89. The van der Waals surface area contributed by atoms with Gasteiger partial charge in [-0.2, -0.15) is 0 Å². The number of ether oxygens (including phenoxy) is 2. The summed E-state index contributed by atoms with van der Waals surface area (Å²) < 4.78 is 11.3. The van der Waals surface area contributed by atoms with Crippen LogP contribution in [0.4, 0.5) is 0 Å². The summed E-state index contributed by atoms with van der Waals surface area (Å²) in [6, 6.07) is 8.64. The number of likely N-dealkylation sites (N-methyl/N-ethyl adjacent to an activating group) is 2. The standard InChI is InChI=1S/C17H22N2O5/c1-18-8-10-23-13(15(18)20)17(22,12-6-4-3-5-7-12)14-16(21)19(2)9-11-24-14/h3-7,13-14,22H,8-11H2,1-2H3. The molecule has 1 aromatic rings. The van der Waals surface area contributed by atoms with Gasteiger partial charge in [0.15, 0.2) is 17.8 Å². The summed E-state index contributed by atoms with van der Waals surface area (Å²) in [5.41, 5.74) is -1.47. The lowest BCUT2D eigenvalue weighted by Crippen LogP contribution is -2.65. The molecule has 2 saturated heterocycles. The number of hydrogen-bond donors (Lipinski definition) is 1. The fourth-order valence-corrected chi connectivity index (χ4v) is 3.15. The highest BCUT2D eigenvalue weighted by atomic mass is 16.5. The average molecular weight is 334 g/mol. The molecule has 7 heteroatoms. The molecule has 2 atom stereocenters. The fraction of sp³-hybridized carbons (Fsp3) is 0.529. The molecule has 2 aliphatic rings. The molecule has 1 aromatic carbocycles. The second-order valence-corrected chi connectivity index (χ2v) is 6.21. The van der Waals surface area contributed by atoms with Crippen LogP contribution >= 0.6 is 0 Å². The smallest absolute Gasteiger partial charge is 0.255 e. The highest BCUT2D eigenvalue weighted by Gasteiger charge is 2.56. The minimum Gasteiger partial charge on any atom is -0.379 e. The average Bonchev–Trinajstić information content (AvgIpc) is 2.60. The molecule has 0 bridgehead atoms. The normalized spacial score (nSPS) is 28.0. The van der Waals surface area contributed by atoms with Gasteiger partial charge >= 0.3 is 0 Å². The first-order valence-corrected chi connectivity index (χ1v) is 7.97. The molecule has 0 aromatic heterocycles. The predicted molar refractivity (Wildman–Crippen MR) is 85.1 cm³/mol. The van der Waals surface area contributed by atoms with Crippen molar-refractivity contribution in [2.75, 3.05) is 40.4 Å². The molecule has 0 aliphatic carbocycles. The maximum atomic E-state index is 12.6. The highest BCUT2D eigenvalue weighted by molar-refractivity contribution is 5.88. The van der Waals surface area contributed by atoms with E-state index in [2.05, 4.69) is 0 Å². The second kappa shape index (κ2) is 6.51. The molecule has 1 N–H and O–H groups in total. The van der Waals surface area contributed by atoms with Gasteiger partial charge in [-0.15, -0.1) is 0 Å². The number of carbonyl (C=O) groups excluding carboxylic acids is 2. The number of hydrogen-bond acceptors (Lipinski definition) is 5. The van der Waals surface area contributed by atoms with Crippen molar-refractivity contribution in [2.45, 2.75) is 17.8 Å². The van der Waals surface area contributed by atoms with Crippen molar-refractivity contribution < 1.29 is 24.2 Å². The van der Waals surface area contributed by atoms with E-state index in [0.717, 1.165) is 0 Å². The van der Waals surface area contributed by atoms with Crippen LogP contribution in [0.25, 0.3) is 0 Å². The van der Waals surface area contributed by atoms with Gasteiger partial charge in [0.05, 0.1) is 13.2 Å². The van der Waals surface area contributed by atoms with Gasteiger partial charge in [-0.1, -0.05) is 30.3 Å². The van der Waals surface area contributed by atoms with Crippen molar-refractivity contribution in [1.29, 1.82) is 0 Å². The lowest BCUT2D eigenvalue weighted by Gasteiger charge is -2.45. The molecular formula is C17H22N2O5.